The number of benzene rings is 1. The number of methoxy groups -OCH3 is 3. The highest BCUT2D eigenvalue weighted by Crippen LogP contribution is 2.37. The van der Waals surface area contributed by atoms with Gasteiger partial charge in [-0.3, -0.25) is 4.79 Å². The summed E-state index contributed by atoms with van der Waals surface area (Å²) in [5.74, 6) is 2.07. The Morgan fingerprint density at radius 3 is 2.69 bits per heavy atom. The largest absolute Gasteiger partial charge is 0.493 e. The van der Waals surface area contributed by atoms with Gasteiger partial charge in [0.1, 0.15) is 5.76 Å². The second-order valence-electron chi connectivity index (χ2n) is 7.74. The summed E-state index contributed by atoms with van der Waals surface area (Å²) in [7, 11) is 4.82. The van der Waals surface area contributed by atoms with Crippen LogP contribution in [0.15, 0.2) is 47.2 Å². The van der Waals surface area contributed by atoms with Gasteiger partial charge in [0.25, 0.3) is 0 Å². The predicted octanol–water partition coefficient (Wildman–Crippen LogP) is 4.07. The first-order valence-electron chi connectivity index (χ1n) is 10.3. The van der Waals surface area contributed by atoms with E-state index in [2.05, 4.69) is 5.10 Å². The van der Waals surface area contributed by atoms with Crippen LogP contribution >= 0.6 is 0 Å². The molecule has 0 aliphatic heterocycles. The average Bonchev–Trinajstić information content (AvgIpc) is 3.45. The summed E-state index contributed by atoms with van der Waals surface area (Å²) >= 11 is 0. The Hall–Kier alpha value is -3.65. The summed E-state index contributed by atoms with van der Waals surface area (Å²) in [5.41, 5.74) is 4.46. The molecule has 0 saturated heterocycles. The Morgan fingerprint density at radius 2 is 1.97 bits per heavy atom. The molecule has 0 amide bonds. The second kappa shape index (κ2) is 8.12. The van der Waals surface area contributed by atoms with E-state index in [1.54, 1.807) is 38.3 Å². The van der Waals surface area contributed by atoms with Crippen LogP contribution in [0, 0.1) is 0 Å². The number of nitrogens with zero attached hydrogens (tertiary/aromatic N) is 3. The Kier molecular flexibility index (Phi) is 5.14. The molecule has 1 aliphatic rings. The van der Waals surface area contributed by atoms with Crippen LogP contribution in [0.1, 0.15) is 39.8 Å². The second-order valence-corrected chi connectivity index (χ2v) is 7.74. The molecule has 5 rings (SSSR count). The van der Waals surface area contributed by atoms with Crippen molar-refractivity contribution < 1.29 is 23.4 Å². The quantitative estimate of drug-likeness (QED) is 0.453. The van der Waals surface area contributed by atoms with Crippen molar-refractivity contribution in [2.45, 2.75) is 25.4 Å². The molecule has 8 heteroatoms. The number of Topliss-reactive ketones (excluding diaryl/α,β-unsaturated/α-hetero) is 1. The Labute approximate surface area is 184 Å². The Morgan fingerprint density at radius 1 is 1.12 bits per heavy atom. The summed E-state index contributed by atoms with van der Waals surface area (Å²) in [6.45, 7) is 0.306. The number of carbonyl (C=O) groups excluding carboxylic acids is 1. The van der Waals surface area contributed by atoms with E-state index in [9.17, 15) is 4.79 Å². The molecule has 0 fully saturated rings. The first kappa shape index (κ1) is 20.3. The lowest BCUT2D eigenvalue weighted by Gasteiger charge is -2.21. The lowest BCUT2D eigenvalue weighted by atomic mass is 9.85. The number of fused-ring (bicyclic) bond motifs is 2. The van der Waals surface area contributed by atoms with E-state index in [1.165, 1.54) is 0 Å². The van der Waals surface area contributed by atoms with Crippen LogP contribution < -0.4 is 9.47 Å². The zero-order chi connectivity index (χ0) is 22.2. The zero-order valence-corrected chi connectivity index (χ0v) is 18.1. The summed E-state index contributed by atoms with van der Waals surface area (Å²) in [5, 5.41) is 4.67. The van der Waals surface area contributed by atoms with Gasteiger partial charge in [0.15, 0.2) is 22.9 Å². The summed E-state index contributed by atoms with van der Waals surface area (Å²) < 4.78 is 23.5. The van der Waals surface area contributed by atoms with Crippen molar-refractivity contribution in [3.63, 3.8) is 0 Å². The third-order valence-electron chi connectivity index (χ3n) is 5.83. The highest BCUT2D eigenvalue weighted by atomic mass is 16.5. The van der Waals surface area contributed by atoms with Crippen LogP contribution in [0.5, 0.6) is 11.5 Å². The molecule has 0 spiro atoms. The molecular formula is C24H23N3O5. The molecule has 1 unspecified atom stereocenters. The van der Waals surface area contributed by atoms with Gasteiger partial charge in [-0.1, -0.05) is 6.07 Å². The molecule has 8 nitrogen and oxygen atoms in total. The SMILES string of the molecule is COCc1nn2cc3c(nc2c1-c1ccc(OC)c(OC)c1)CC(c1ccco1)CC3=O. The number of ether oxygens (including phenoxy) is 3. The van der Waals surface area contributed by atoms with E-state index < -0.39 is 0 Å². The topological polar surface area (TPSA) is 88.1 Å². The fraction of sp³-hybridized carbons (Fsp3) is 0.292. The fourth-order valence-electron chi connectivity index (χ4n) is 4.33. The van der Waals surface area contributed by atoms with Gasteiger partial charge in [-0.15, -0.1) is 0 Å². The van der Waals surface area contributed by atoms with E-state index in [4.69, 9.17) is 23.6 Å². The average molecular weight is 433 g/mol. The molecule has 4 aromatic rings. The number of aromatic nitrogens is 3. The molecule has 0 bridgehead atoms. The van der Waals surface area contributed by atoms with E-state index in [0.717, 1.165) is 28.3 Å². The minimum atomic E-state index is -0.0224. The minimum absolute atomic E-state index is 0.0224. The molecule has 0 radical (unpaired) electrons. The van der Waals surface area contributed by atoms with Gasteiger partial charge in [-0.05, 0) is 29.8 Å². The third kappa shape index (κ3) is 3.33. The maximum Gasteiger partial charge on any atom is 0.167 e. The number of hydrogen-bond acceptors (Lipinski definition) is 7. The molecular weight excluding hydrogens is 410 g/mol. The Balaban J connectivity index is 1.67. The summed E-state index contributed by atoms with van der Waals surface area (Å²) in [4.78, 5) is 17.8. The zero-order valence-electron chi connectivity index (χ0n) is 18.1. The molecule has 1 atom stereocenters. The molecule has 164 valence electrons. The van der Waals surface area contributed by atoms with Gasteiger partial charge in [0, 0.05) is 32.1 Å². The molecule has 0 N–H and O–H groups in total. The minimum Gasteiger partial charge on any atom is -0.493 e. The number of furan rings is 1. The van der Waals surface area contributed by atoms with Crippen molar-refractivity contribution in [2.75, 3.05) is 21.3 Å². The van der Waals surface area contributed by atoms with E-state index >= 15 is 0 Å². The maximum atomic E-state index is 12.9. The van der Waals surface area contributed by atoms with Gasteiger partial charge in [-0.2, -0.15) is 5.10 Å². The van der Waals surface area contributed by atoms with Gasteiger partial charge < -0.3 is 18.6 Å². The van der Waals surface area contributed by atoms with Crippen LogP contribution in [-0.2, 0) is 17.8 Å². The Bertz CT molecular complexity index is 1290. The van der Waals surface area contributed by atoms with Crippen molar-refractivity contribution in [3.8, 4) is 22.6 Å². The number of carbonyl (C=O) groups is 1. The molecule has 3 aromatic heterocycles. The lowest BCUT2D eigenvalue weighted by Crippen LogP contribution is -2.21. The predicted molar refractivity (Wildman–Crippen MR) is 116 cm³/mol. The van der Waals surface area contributed by atoms with Crippen LogP contribution in [-0.4, -0.2) is 41.7 Å². The van der Waals surface area contributed by atoms with Gasteiger partial charge in [0.05, 0.1) is 49.6 Å². The van der Waals surface area contributed by atoms with Crippen molar-refractivity contribution in [3.05, 3.63) is 65.5 Å². The van der Waals surface area contributed by atoms with Gasteiger partial charge in [0.2, 0.25) is 0 Å². The smallest absolute Gasteiger partial charge is 0.167 e. The lowest BCUT2D eigenvalue weighted by molar-refractivity contribution is 0.0958. The number of hydrogen-bond donors (Lipinski definition) is 0. The standard InChI is InChI=1S/C24H23N3O5/c1-29-13-18-23(14-6-7-21(30-2)22(11-14)31-3)24-25-17-9-15(20-5-4-8-32-20)10-19(28)16(17)12-27(24)26-18/h4-8,11-12,15H,9-10,13H2,1-3H3. The molecule has 1 aromatic carbocycles. The highest BCUT2D eigenvalue weighted by molar-refractivity contribution is 5.99. The molecule has 1 aliphatic carbocycles. The number of rotatable bonds is 6. The summed E-state index contributed by atoms with van der Waals surface area (Å²) in [6.07, 6.45) is 4.43. The number of ketones is 1. The molecule has 0 saturated carbocycles. The van der Waals surface area contributed by atoms with Gasteiger partial charge >= 0.3 is 0 Å². The van der Waals surface area contributed by atoms with Crippen molar-refractivity contribution in [1.82, 2.24) is 14.6 Å². The van der Waals surface area contributed by atoms with E-state index in [1.807, 2.05) is 30.3 Å². The van der Waals surface area contributed by atoms with E-state index in [-0.39, 0.29) is 11.7 Å². The first-order valence-corrected chi connectivity index (χ1v) is 10.3. The van der Waals surface area contributed by atoms with Crippen LogP contribution in [0.3, 0.4) is 0 Å². The van der Waals surface area contributed by atoms with Crippen molar-refractivity contribution in [2.24, 2.45) is 0 Å². The first-order chi connectivity index (χ1) is 15.6. The van der Waals surface area contributed by atoms with Crippen LogP contribution in [0.2, 0.25) is 0 Å². The monoisotopic (exact) mass is 433 g/mol. The van der Waals surface area contributed by atoms with Crippen LogP contribution in [0.4, 0.5) is 0 Å². The third-order valence-corrected chi connectivity index (χ3v) is 5.83. The highest BCUT2D eigenvalue weighted by Gasteiger charge is 2.31. The maximum absolute atomic E-state index is 12.9. The van der Waals surface area contributed by atoms with Crippen LogP contribution in [0.25, 0.3) is 16.8 Å². The molecule has 3 heterocycles. The normalized spacial score (nSPS) is 15.7. The van der Waals surface area contributed by atoms with Gasteiger partial charge in [-0.25, -0.2) is 9.50 Å². The van der Waals surface area contributed by atoms with Crippen molar-refractivity contribution in [1.29, 1.82) is 0 Å². The fourth-order valence-corrected chi connectivity index (χ4v) is 4.33. The molecule has 32 heavy (non-hydrogen) atoms. The van der Waals surface area contributed by atoms with E-state index in [0.29, 0.717) is 42.2 Å². The van der Waals surface area contributed by atoms with Crippen molar-refractivity contribution >= 4 is 11.4 Å². The summed E-state index contributed by atoms with van der Waals surface area (Å²) in [6, 6.07) is 9.44.